The van der Waals surface area contributed by atoms with Crippen molar-refractivity contribution < 1.29 is 29.4 Å². The van der Waals surface area contributed by atoms with E-state index in [-0.39, 0.29) is 31.2 Å². The molecule has 0 aliphatic rings. The molecule has 10 heteroatoms. The quantitative estimate of drug-likeness (QED) is 0.104. The summed E-state index contributed by atoms with van der Waals surface area (Å²) < 4.78 is 0. The summed E-state index contributed by atoms with van der Waals surface area (Å²) in [6, 6.07) is 6.08. The van der Waals surface area contributed by atoms with Crippen molar-refractivity contribution >= 4 is 30.2 Å². The van der Waals surface area contributed by atoms with E-state index in [9.17, 15) is 24.3 Å². The molecule has 0 spiro atoms. The number of carboxylic acids is 2. The van der Waals surface area contributed by atoms with Crippen molar-refractivity contribution in [2.75, 3.05) is 0 Å². The number of hydrogen-bond acceptors (Lipinski definition) is 8. The van der Waals surface area contributed by atoms with Crippen LogP contribution < -0.4 is 17.3 Å². The molecule has 2 atom stereocenters. The molecule has 8 N–H and O–H groups in total. The number of carbonyl (C=O) groups excluding carboxylic acids is 2. The third-order valence-electron chi connectivity index (χ3n) is 4.58. The highest BCUT2D eigenvalue weighted by Gasteiger charge is 2.57. The minimum absolute atomic E-state index is 0.00890. The Kier molecular flexibility index (Phi) is 7.96. The average Bonchev–Trinajstić information content (AvgIpc) is 2.65. The normalized spacial score (nSPS) is 15.5. The number of aldehydes is 1. The van der Waals surface area contributed by atoms with Crippen LogP contribution in [0.4, 0.5) is 0 Å². The standard InChI is InChI=1S/C18H24N4O6/c19-17(9-1-4-15(25)26,13-7-5-12(6-8-13)11-22-21)18(20,16(27)28)14(24)3-2-10-23/h5-8,10-11H,1-4,9,19-21H2,(H,25,26)(H,27,28). The molecule has 1 aromatic carbocycles. The molecule has 152 valence electrons. The summed E-state index contributed by atoms with van der Waals surface area (Å²) in [5.74, 6) is 1.42. The van der Waals surface area contributed by atoms with Gasteiger partial charge in [-0.05, 0) is 24.0 Å². The van der Waals surface area contributed by atoms with Crippen molar-refractivity contribution in [2.24, 2.45) is 22.4 Å². The number of Topliss-reactive ketones (excluding diaryl/α,β-unsaturated/α-hetero) is 1. The van der Waals surface area contributed by atoms with Gasteiger partial charge in [-0.15, -0.1) is 0 Å². The molecule has 0 amide bonds. The molecular weight excluding hydrogens is 368 g/mol. The lowest BCUT2D eigenvalue weighted by Crippen LogP contribution is -2.72. The average molecular weight is 392 g/mol. The van der Waals surface area contributed by atoms with Crippen molar-refractivity contribution in [3.63, 3.8) is 0 Å². The Morgan fingerprint density at radius 1 is 1.07 bits per heavy atom. The number of hydrogen-bond donors (Lipinski definition) is 5. The van der Waals surface area contributed by atoms with Gasteiger partial charge >= 0.3 is 11.9 Å². The maximum atomic E-state index is 12.7. The highest BCUT2D eigenvalue weighted by atomic mass is 16.4. The topological polar surface area (TPSA) is 199 Å². The first kappa shape index (κ1) is 22.9. The van der Waals surface area contributed by atoms with Gasteiger partial charge in [-0.1, -0.05) is 24.3 Å². The molecule has 1 aromatic rings. The van der Waals surface area contributed by atoms with Crippen LogP contribution in [0.5, 0.6) is 0 Å². The van der Waals surface area contributed by atoms with Gasteiger partial charge in [0.15, 0.2) is 11.3 Å². The van der Waals surface area contributed by atoms with Crippen LogP contribution in [-0.2, 0) is 24.7 Å². The van der Waals surface area contributed by atoms with E-state index in [2.05, 4.69) is 5.10 Å². The van der Waals surface area contributed by atoms with Crippen LogP contribution in [0.3, 0.4) is 0 Å². The zero-order chi connectivity index (χ0) is 21.4. The van der Waals surface area contributed by atoms with Gasteiger partial charge in [0.25, 0.3) is 0 Å². The molecule has 1 rings (SSSR count). The highest BCUT2D eigenvalue weighted by molar-refractivity contribution is 6.09. The van der Waals surface area contributed by atoms with Crippen LogP contribution in [0.15, 0.2) is 29.4 Å². The van der Waals surface area contributed by atoms with E-state index in [4.69, 9.17) is 22.4 Å². The smallest absolute Gasteiger partial charge is 0.333 e. The summed E-state index contributed by atoms with van der Waals surface area (Å²) in [4.78, 5) is 46.2. The van der Waals surface area contributed by atoms with Crippen LogP contribution in [-0.4, -0.2) is 46.0 Å². The van der Waals surface area contributed by atoms with Crippen LogP contribution in [0.1, 0.15) is 43.2 Å². The molecule has 0 saturated heterocycles. The largest absolute Gasteiger partial charge is 0.481 e. The Balaban J connectivity index is 3.48. The van der Waals surface area contributed by atoms with E-state index in [1.807, 2.05) is 0 Å². The van der Waals surface area contributed by atoms with E-state index in [1.54, 1.807) is 12.1 Å². The molecular formula is C18H24N4O6. The maximum Gasteiger partial charge on any atom is 0.333 e. The zero-order valence-electron chi connectivity index (χ0n) is 15.2. The Morgan fingerprint density at radius 3 is 2.14 bits per heavy atom. The predicted octanol–water partition coefficient (Wildman–Crippen LogP) is -0.282. The summed E-state index contributed by atoms with van der Waals surface area (Å²) in [6.45, 7) is 0. The Morgan fingerprint density at radius 2 is 1.68 bits per heavy atom. The zero-order valence-corrected chi connectivity index (χ0v) is 15.2. The molecule has 0 heterocycles. The summed E-state index contributed by atoms with van der Waals surface area (Å²) >= 11 is 0. The number of nitrogens with two attached hydrogens (primary N) is 3. The molecule has 10 nitrogen and oxygen atoms in total. The Hall–Kier alpha value is -3.11. The third kappa shape index (κ3) is 4.78. The molecule has 2 unspecified atom stereocenters. The fourth-order valence-corrected chi connectivity index (χ4v) is 2.99. The van der Waals surface area contributed by atoms with E-state index in [1.165, 1.54) is 18.3 Å². The maximum absolute atomic E-state index is 12.7. The van der Waals surface area contributed by atoms with Gasteiger partial charge in [0.1, 0.15) is 6.29 Å². The van der Waals surface area contributed by atoms with Crippen molar-refractivity contribution in [2.45, 2.75) is 43.2 Å². The summed E-state index contributed by atoms with van der Waals surface area (Å²) in [6.07, 6.45) is 0.752. The van der Waals surface area contributed by atoms with Gasteiger partial charge in [-0.3, -0.25) is 9.59 Å². The lowest BCUT2D eigenvalue weighted by Gasteiger charge is -2.42. The van der Waals surface area contributed by atoms with Crippen LogP contribution in [0.25, 0.3) is 0 Å². The van der Waals surface area contributed by atoms with Gasteiger partial charge in [-0.25, -0.2) is 4.79 Å². The van der Waals surface area contributed by atoms with Crippen molar-refractivity contribution in [1.82, 2.24) is 0 Å². The molecule has 28 heavy (non-hydrogen) atoms. The molecule has 0 aliphatic heterocycles. The predicted molar refractivity (Wildman–Crippen MR) is 100 cm³/mol. The van der Waals surface area contributed by atoms with Crippen molar-refractivity contribution in [3.05, 3.63) is 35.4 Å². The monoisotopic (exact) mass is 392 g/mol. The van der Waals surface area contributed by atoms with Gasteiger partial charge in [0.2, 0.25) is 0 Å². The number of rotatable bonds is 12. The SMILES string of the molecule is NN=Cc1ccc(C(N)(CCCC(=O)O)C(N)(C(=O)O)C(=O)CCC=O)cc1. The van der Waals surface area contributed by atoms with E-state index in [0.29, 0.717) is 11.8 Å². The highest BCUT2D eigenvalue weighted by Crippen LogP contribution is 2.36. The molecule has 0 saturated carbocycles. The molecule has 0 radical (unpaired) electrons. The van der Waals surface area contributed by atoms with E-state index in [0.717, 1.165) is 0 Å². The summed E-state index contributed by atoms with van der Waals surface area (Å²) in [5, 5.41) is 22.0. The van der Waals surface area contributed by atoms with Crippen LogP contribution in [0.2, 0.25) is 0 Å². The summed E-state index contributed by atoms with van der Waals surface area (Å²) in [7, 11) is 0. The number of carboxylic acid groups (broad SMARTS) is 2. The second-order valence-electron chi connectivity index (χ2n) is 6.36. The third-order valence-corrected chi connectivity index (χ3v) is 4.58. The number of benzene rings is 1. The number of ketones is 1. The van der Waals surface area contributed by atoms with Crippen molar-refractivity contribution in [1.29, 1.82) is 0 Å². The van der Waals surface area contributed by atoms with Gasteiger partial charge < -0.3 is 32.3 Å². The molecule has 0 fully saturated rings. The summed E-state index contributed by atoms with van der Waals surface area (Å²) in [5.41, 5.74) is 8.85. The molecule has 0 bridgehead atoms. The first-order chi connectivity index (χ1) is 13.1. The number of nitrogens with zero attached hydrogens (tertiary/aromatic N) is 1. The lowest BCUT2D eigenvalue weighted by molar-refractivity contribution is -0.152. The van der Waals surface area contributed by atoms with Crippen LogP contribution in [0, 0.1) is 0 Å². The number of carbonyl (C=O) groups is 4. The number of hydrazone groups is 1. The van der Waals surface area contributed by atoms with Crippen LogP contribution >= 0.6 is 0 Å². The minimum atomic E-state index is -2.56. The van der Waals surface area contributed by atoms with Gasteiger partial charge in [0.05, 0.1) is 11.8 Å². The number of aliphatic carboxylic acids is 2. The first-order valence-electron chi connectivity index (χ1n) is 8.47. The lowest BCUT2D eigenvalue weighted by atomic mass is 9.67. The second kappa shape index (κ2) is 9.72. The van der Waals surface area contributed by atoms with E-state index >= 15 is 0 Å². The Labute approximate surface area is 161 Å². The van der Waals surface area contributed by atoms with Crippen molar-refractivity contribution in [3.8, 4) is 0 Å². The fraction of sp³-hybridized carbons (Fsp3) is 0.389. The first-order valence-corrected chi connectivity index (χ1v) is 8.47. The second-order valence-corrected chi connectivity index (χ2v) is 6.36. The van der Waals surface area contributed by atoms with Gasteiger partial charge in [0, 0.05) is 19.3 Å². The minimum Gasteiger partial charge on any atom is -0.481 e. The van der Waals surface area contributed by atoms with E-state index < -0.39 is 35.2 Å². The molecule has 0 aliphatic carbocycles. The van der Waals surface area contributed by atoms with Gasteiger partial charge in [-0.2, -0.15) is 5.10 Å². The molecule has 0 aromatic heterocycles. The fourth-order valence-electron chi connectivity index (χ4n) is 2.99. The Bertz CT molecular complexity index is 764.